The molecule has 21 heavy (non-hydrogen) atoms. The lowest BCUT2D eigenvalue weighted by atomic mass is 10.1. The van der Waals surface area contributed by atoms with Crippen molar-refractivity contribution in [2.45, 2.75) is 31.7 Å². The van der Waals surface area contributed by atoms with Gasteiger partial charge >= 0.3 is 0 Å². The molecular weight excluding hydrogens is 336 g/mol. The highest BCUT2D eigenvalue weighted by atomic mass is 79.9. The normalized spacial score (nSPS) is 17.2. The molecule has 6 heteroatoms. The standard InChI is InChI=1S/C15H19BrN2O3/c16-11-6-2-3-7-12(11)17-14(19)10-13(15(20)21)18-8-4-1-5-9-18/h2-3,6-7,13H,1,4-5,8-10H2,(H,17,19)(H,20,21)/t13-/m1/s1. The first-order chi connectivity index (χ1) is 10.1. The predicted octanol–water partition coefficient (Wildman–Crippen LogP) is -0.0350. The molecule has 1 amide bonds. The van der Waals surface area contributed by atoms with Gasteiger partial charge in [-0.25, -0.2) is 0 Å². The summed E-state index contributed by atoms with van der Waals surface area (Å²) in [6.07, 6.45) is 3.08. The van der Waals surface area contributed by atoms with Crippen LogP contribution in [0, 0.1) is 0 Å². The fourth-order valence-corrected chi connectivity index (χ4v) is 3.08. The molecule has 1 aromatic carbocycles. The summed E-state index contributed by atoms with van der Waals surface area (Å²) in [6, 6.07) is 6.48. The van der Waals surface area contributed by atoms with E-state index in [-0.39, 0.29) is 12.3 Å². The quantitative estimate of drug-likeness (QED) is 0.779. The Morgan fingerprint density at radius 1 is 1.24 bits per heavy atom. The maximum absolute atomic E-state index is 12.1. The van der Waals surface area contributed by atoms with E-state index in [0.717, 1.165) is 41.7 Å². The Morgan fingerprint density at radius 3 is 2.52 bits per heavy atom. The number of carbonyl (C=O) groups is 2. The average molecular weight is 355 g/mol. The fraction of sp³-hybridized carbons (Fsp3) is 0.467. The van der Waals surface area contributed by atoms with E-state index in [1.165, 1.54) is 0 Å². The molecule has 1 heterocycles. The molecule has 1 aliphatic rings. The number of para-hydroxylation sites is 1. The van der Waals surface area contributed by atoms with Gasteiger partial charge in [-0.1, -0.05) is 12.1 Å². The van der Waals surface area contributed by atoms with E-state index < -0.39 is 12.0 Å². The number of carboxylic acids is 1. The lowest BCUT2D eigenvalue weighted by Crippen LogP contribution is -3.18. The molecule has 1 saturated heterocycles. The van der Waals surface area contributed by atoms with Crippen LogP contribution in [0.25, 0.3) is 0 Å². The molecule has 0 bridgehead atoms. The van der Waals surface area contributed by atoms with Crippen LogP contribution in [0.4, 0.5) is 5.69 Å². The third-order valence-corrected chi connectivity index (χ3v) is 4.50. The monoisotopic (exact) mass is 354 g/mol. The molecule has 1 fully saturated rings. The number of benzene rings is 1. The number of hydrogen-bond acceptors (Lipinski definition) is 3. The molecule has 0 radical (unpaired) electrons. The Morgan fingerprint density at radius 2 is 1.90 bits per heavy atom. The molecular formula is C15H19BrN2O3. The minimum absolute atomic E-state index is 0.0565. The van der Waals surface area contributed by atoms with E-state index in [0.29, 0.717) is 5.69 Å². The average Bonchev–Trinajstić information content (AvgIpc) is 2.48. The molecule has 0 aliphatic carbocycles. The smallest absolute Gasteiger partial charge is 0.230 e. The molecule has 0 aromatic heterocycles. The number of quaternary nitrogens is 1. The van der Waals surface area contributed by atoms with Crippen LogP contribution in [0.5, 0.6) is 0 Å². The van der Waals surface area contributed by atoms with Crippen LogP contribution in [-0.4, -0.2) is 31.0 Å². The van der Waals surface area contributed by atoms with Crippen LogP contribution >= 0.6 is 15.9 Å². The van der Waals surface area contributed by atoms with E-state index in [1.807, 2.05) is 18.2 Å². The Bertz CT molecular complexity index is 515. The van der Waals surface area contributed by atoms with E-state index in [1.54, 1.807) is 6.07 Å². The number of halogens is 1. The number of amides is 1. The minimum atomic E-state index is -1.14. The Balaban J connectivity index is 1.98. The van der Waals surface area contributed by atoms with Crippen molar-refractivity contribution < 1.29 is 19.6 Å². The number of anilines is 1. The van der Waals surface area contributed by atoms with Gasteiger partial charge in [-0.3, -0.25) is 4.79 Å². The first-order valence-electron chi connectivity index (χ1n) is 7.17. The molecule has 1 atom stereocenters. The van der Waals surface area contributed by atoms with Crippen molar-refractivity contribution in [2.75, 3.05) is 18.4 Å². The summed E-state index contributed by atoms with van der Waals surface area (Å²) < 4.78 is 0.772. The minimum Gasteiger partial charge on any atom is -0.544 e. The van der Waals surface area contributed by atoms with Crippen LogP contribution in [0.3, 0.4) is 0 Å². The molecule has 0 spiro atoms. The first-order valence-corrected chi connectivity index (χ1v) is 7.97. The van der Waals surface area contributed by atoms with Crippen molar-refractivity contribution in [3.63, 3.8) is 0 Å². The van der Waals surface area contributed by atoms with Gasteiger partial charge in [-0.15, -0.1) is 0 Å². The molecule has 114 valence electrons. The summed E-state index contributed by atoms with van der Waals surface area (Å²) in [5, 5.41) is 14.1. The largest absolute Gasteiger partial charge is 0.544 e. The van der Waals surface area contributed by atoms with E-state index in [2.05, 4.69) is 21.2 Å². The van der Waals surface area contributed by atoms with Crippen molar-refractivity contribution >= 4 is 33.5 Å². The SMILES string of the molecule is O=C(C[C@H](C(=O)[O-])[NH+]1CCCCC1)Nc1ccccc1Br. The van der Waals surface area contributed by atoms with Crippen LogP contribution in [0.2, 0.25) is 0 Å². The van der Waals surface area contributed by atoms with Gasteiger partial charge in [0.05, 0.1) is 31.2 Å². The lowest BCUT2D eigenvalue weighted by Gasteiger charge is -2.31. The number of carbonyl (C=O) groups excluding carboxylic acids is 2. The van der Waals surface area contributed by atoms with Gasteiger partial charge in [0.2, 0.25) is 5.91 Å². The number of piperidine rings is 1. The Labute approximate surface area is 132 Å². The van der Waals surface area contributed by atoms with Crippen molar-refractivity contribution in [2.24, 2.45) is 0 Å². The van der Waals surface area contributed by atoms with E-state index in [9.17, 15) is 14.7 Å². The second-order valence-electron chi connectivity index (χ2n) is 5.32. The Kier molecular flexibility index (Phi) is 5.76. The van der Waals surface area contributed by atoms with Gasteiger partial charge in [0.25, 0.3) is 0 Å². The number of likely N-dealkylation sites (tertiary alicyclic amines) is 1. The summed E-state index contributed by atoms with van der Waals surface area (Å²) in [7, 11) is 0. The zero-order chi connectivity index (χ0) is 15.2. The van der Waals surface area contributed by atoms with Crippen LogP contribution < -0.4 is 15.3 Å². The predicted molar refractivity (Wildman–Crippen MR) is 80.7 cm³/mol. The third kappa shape index (κ3) is 4.54. The highest BCUT2D eigenvalue weighted by Gasteiger charge is 2.28. The van der Waals surface area contributed by atoms with Gasteiger partial charge in [-0.2, -0.15) is 0 Å². The van der Waals surface area contributed by atoms with Crippen molar-refractivity contribution in [3.8, 4) is 0 Å². The molecule has 2 N–H and O–H groups in total. The maximum atomic E-state index is 12.1. The van der Waals surface area contributed by atoms with Crippen LogP contribution in [-0.2, 0) is 9.59 Å². The zero-order valence-corrected chi connectivity index (χ0v) is 13.3. The van der Waals surface area contributed by atoms with Crippen LogP contribution in [0.1, 0.15) is 25.7 Å². The Hall–Kier alpha value is -1.40. The zero-order valence-electron chi connectivity index (χ0n) is 11.7. The number of rotatable bonds is 5. The summed E-state index contributed by atoms with van der Waals surface area (Å²) >= 11 is 3.35. The topological polar surface area (TPSA) is 73.7 Å². The molecule has 1 aliphatic heterocycles. The lowest BCUT2D eigenvalue weighted by molar-refractivity contribution is -0.922. The van der Waals surface area contributed by atoms with E-state index >= 15 is 0 Å². The van der Waals surface area contributed by atoms with Gasteiger partial charge in [0.15, 0.2) is 0 Å². The van der Waals surface area contributed by atoms with Crippen molar-refractivity contribution in [1.82, 2.24) is 0 Å². The highest BCUT2D eigenvalue weighted by molar-refractivity contribution is 9.10. The number of aliphatic carboxylic acids is 1. The van der Waals surface area contributed by atoms with Crippen molar-refractivity contribution in [1.29, 1.82) is 0 Å². The summed E-state index contributed by atoms with van der Waals surface area (Å²) in [5.74, 6) is -1.44. The second kappa shape index (κ2) is 7.56. The fourth-order valence-electron chi connectivity index (χ4n) is 2.70. The molecule has 0 saturated carbocycles. The highest BCUT2D eigenvalue weighted by Crippen LogP contribution is 2.21. The second-order valence-corrected chi connectivity index (χ2v) is 6.18. The molecule has 1 aromatic rings. The van der Waals surface area contributed by atoms with Gasteiger partial charge < -0.3 is 20.1 Å². The van der Waals surface area contributed by atoms with Gasteiger partial charge in [0.1, 0.15) is 6.04 Å². The van der Waals surface area contributed by atoms with Gasteiger partial charge in [0, 0.05) is 4.47 Å². The molecule has 5 nitrogen and oxygen atoms in total. The number of carboxylic acid groups (broad SMARTS) is 1. The van der Waals surface area contributed by atoms with Crippen molar-refractivity contribution in [3.05, 3.63) is 28.7 Å². The van der Waals surface area contributed by atoms with Gasteiger partial charge in [-0.05, 0) is 47.3 Å². The summed E-state index contributed by atoms with van der Waals surface area (Å²) in [5.41, 5.74) is 0.647. The number of hydrogen-bond donors (Lipinski definition) is 2. The first kappa shape index (κ1) is 16.0. The molecule has 2 rings (SSSR count). The number of nitrogens with one attached hydrogen (secondary N) is 2. The summed E-state index contributed by atoms with van der Waals surface area (Å²) in [4.78, 5) is 24.4. The molecule has 0 unspecified atom stereocenters. The maximum Gasteiger partial charge on any atom is 0.230 e. The van der Waals surface area contributed by atoms with E-state index in [4.69, 9.17) is 0 Å². The third-order valence-electron chi connectivity index (χ3n) is 3.81. The van der Waals surface area contributed by atoms with Crippen LogP contribution in [0.15, 0.2) is 28.7 Å². The summed E-state index contributed by atoms with van der Waals surface area (Å²) in [6.45, 7) is 1.59.